The summed E-state index contributed by atoms with van der Waals surface area (Å²) in [6, 6.07) is 1.79. The number of carbonyl (C=O) groups is 1. The van der Waals surface area contributed by atoms with Crippen molar-refractivity contribution < 1.29 is 9.90 Å². The van der Waals surface area contributed by atoms with Crippen LogP contribution in [0.25, 0.3) is 0 Å². The second-order valence-electron chi connectivity index (χ2n) is 5.23. The molecular formula is C13H13Cl3N2O2. The van der Waals surface area contributed by atoms with Crippen LogP contribution >= 0.6 is 34.8 Å². The van der Waals surface area contributed by atoms with E-state index in [1.165, 1.54) is 4.90 Å². The molecule has 4 nitrogen and oxygen atoms in total. The number of nitrogens with one attached hydrogen (secondary N) is 1. The molecule has 0 aliphatic carbocycles. The van der Waals surface area contributed by atoms with Gasteiger partial charge >= 0.3 is 0 Å². The second-order valence-corrected chi connectivity index (χ2v) is 6.39. The number of rotatable bonds is 1. The Morgan fingerprint density at radius 2 is 2.15 bits per heavy atom. The molecule has 1 saturated heterocycles. The van der Waals surface area contributed by atoms with Crippen LogP contribution in [0.4, 0.5) is 5.69 Å². The van der Waals surface area contributed by atoms with Crippen molar-refractivity contribution in [2.75, 3.05) is 31.1 Å². The van der Waals surface area contributed by atoms with Crippen molar-refractivity contribution in [3.8, 4) is 0 Å². The number of nitrogens with zero attached hydrogens (tertiary/aromatic N) is 1. The van der Waals surface area contributed by atoms with Gasteiger partial charge in [0.15, 0.2) is 0 Å². The molecule has 1 spiro atoms. The fourth-order valence-electron chi connectivity index (χ4n) is 3.13. The Balaban J connectivity index is 2.21. The van der Waals surface area contributed by atoms with Gasteiger partial charge in [-0.1, -0.05) is 34.8 Å². The zero-order valence-corrected chi connectivity index (χ0v) is 12.8. The number of halogens is 3. The number of anilines is 1. The molecule has 2 aliphatic heterocycles. The molecule has 1 aromatic rings. The number of fused-ring (bicyclic) bond motifs is 2. The molecule has 0 bridgehead atoms. The first kappa shape index (κ1) is 14.4. The number of amides is 1. The molecule has 1 unspecified atom stereocenters. The largest absolute Gasteiger partial charge is 0.387 e. The van der Waals surface area contributed by atoms with Gasteiger partial charge in [-0.25, -0.2) is 0 Å². The van der Waals surface area contributed by atoms with Crippen LogP contribution in [0.15, 0.2) is 6.07 Å². The number of aliphatic hydroxyl groups is 1. The standard InChI is InChI=1S/C13H13Cl3N2O2/c14-8-3-7-12(11(16)10(8)15)18(9(20)4-19)6-13(7)1-2-17-5-13/h3,17,19H,1-2,4-6H2. The van der Waals surface area contributed by atoms with Crippen LogP contribution in [0.2, 0.25) is 15.1 Å². The molecule has 0 saturated carbocycles. The molecule has 2 N–H and O–H groups in total. The summed E-state index contributed by atoms with van der Waals surface area (Å²) in [4.78, 5) is 13.5. The predicted octanol–water partition coefficient (Wildman–Crippen LogP) is 2.22. The topological polar surface area (TPSA) is 52.6 Å². The van der Waals surface area contributed by atoms with Gasteiger partial charge in [-0.3, -0.25) is 4.79 Å². The van der Waals surface area contributed by atoms with Crippen molar-refractivity contribution >= 4 is 46.4 Å². The maximum Gasteiger partial charge on any atom is 0.252 e. The Kier molecular flexibility index (Phi) is 3.63. The van der Waals surface area contributed by atoms with Gasteiger partial charge in [0.25, 0.3) is 5.91 Å². The van der Waals surface area contributed by atoms with Gasteiger partial charge in [-0.15, -0.1) is 0 Å². The summed E-state index contributed by atoms with van der Waals surface area (Å²) in [5, 5.41) is 13.4. The van der Waals surface area contributed by atoms with Crippen LogP contribution < -0.4 is 10.2 Å². The number of hydrogen-bond donors (Lipinski definition) is 2. The van der Waals surface area contributed by atoms with Crippen molar-refractivity contribution in [2.45, 2.75) is 11.8 Å². The van der Waals surface area contributed by atoms with E-state index in [9.17, 15) is 4.79 Å². The van der Waals surface area contributed by atoms with Gasteiger partial charge in [0.2, 0.25) is 0 Å². The Morgan fingerprint density at radius 3 is 2.75 bits per heavy atom. The Hall–Kier alpha value is -0.520. The number of carbonyl (C=O) groups excluding carboxylic acids is 1. The molecule has 1 atom stereocenters. The van der Waals surface area contributed by atoms with Crippen LogP contribution in [0.5, 0.6) is 0 Å². The zero-order chi connectivity index (χ0) is 14.5. The van der Waals surface area contributed by atoms with E-state index in [-0.39, 0.29) is 21.4 Å². The average molecular weight is 336 g/mol. The zero-order valence-electron chi connectivity index (χ0n) is 10.5. The molecule has 1 aromatic carbocycles. The smallest absolute Gasteiger partial charge is 0.252 e. The fraction of sp³-hybridized carbons (Fsp3) is 0.462. The minimum absolute atomic E-state index is 0.196. The molecule has 108 valence electrons. The van der Waals surface area contributed by atoms with Crippen molar-refractivity contribution in [2.24, 2.45) is 0 Å². The molecule has 1 amide bonds. The van der Waals surface area contributed by atoms with Crippen molar-refractivity contribution in [3.63, 3.8) is 0 Å². The molecule has 1 fully saturated rings. The van der Waals surface area contributed by atoms with E-state index in [1.807, 2.05) is 0 Å². The minimum Gasteiger partial charge on any atom is -0.387 e. The highest BCUT2D eigenvalue weighted by Gasteiger charge is 2.48. The van der Waals surface area contributed by atoms with E-state index >= 15 is 0 Å². The highest BCUT2D eigenvalue weighted by Crippen LogP contribution is 2.51. The van der Waals surface area contributed by atoms with E-state index in [0.717, 1.165) is 25.1 Å². The summed E-state index contributed by atoms with van der Waals surface area (Å²) in [5.74, 6) is -0.379. The maximum atomic E-state index is 12.0. The Labute approximate surface area is 131 Å². The Bertz CT molecular complexity index is 585. The molecule has 0 aromatic heterocycles. The third kappa shape index (κ3) is 1.94. The van der Waals surface area contributed by atoms with Crippen LogP contribution in [0, 0.1) is 0 Å². The molecule has 3 rings (SSSR count). The highest BCUT2D eigenvalue weighted by molar-refractivity contribution is 6.49. The lowest BCUT2D eigenvalue weighted by Gasteiger charge is -2.23. The van der Waals surface area contributed by atoms with Gasteiger partial charge in [0.05, 0.1) is 20.8 Å². The SMILES string of the molecule is O=C(CO)N1CC2(CCNC2)c2cc(Cl)c(Cl)c(Cl)c21. The lowest BCUT2D eigenvalue weighted by Crippen LogP contribution is -2.39. The molecule has 20 heavy (non-hydrogen) atoms. The first-order valence-corrected chi connectivity index (χ1v) is 7.43. The predicted molar refractivity (Wildman–Crippen MR) is 80.1 cm³/mol. The van der Waals surface area contributed by atoms with Crippen molar-refractivity contribution in [3.05, 3.63) is 26.7 Å². The van der Waals surface area contributed by atoms with Crippen LogP contribution in [-0.4, -0.2) is 37.3 Å². The van der Waals surface area contributed by atoms with E-state index in [4.69, 9.17) is 39.9 Å². The molecule has 2 aliphatic rings. The first-order valence-electron chi connectivity index (χ1n) is 6.30. The average Bonchev–Trinajstić information content (AvgIpc) is 3.03. The maximum absolute atomic E-state index is 12.0. The normalized spacial score (nSPS) is 24.5. The van der Waals surface area contributed by atoms with Gasteiger partial charge < -0.3 is 15.3 Å². The monoisotopic (exact) mass is 334 g/mol. The Morgan fingerprint density at radius 1 is 1.40 bits per heavy atom. The van der Waals surface area contributed by atoms with Gasteiger partial charge in [-0.05, 0) is 24.6 Å². The second kappa shape index (κ2) is 5.04. The minimum atomic E-state index is -0.556. The van der Waals surface area contributed by atoms with E-state index in [0.29, 0.717) is 17.3 Å². The number of hydrogen-bond acceptors (Lipinski definition) is 3. The van der Waals surface area contributed by atoms with Crippen molar-refractivity contribution in [1.82, 2.24) is 5.32 Å². The fourth-order valence-corrected chi connectivity index (χ4v) is 3.83. The molecule has 7 heteroatoms. The number of aliphatic hydroxyl groups excluding tert-OH is 1. The van der Waals surface area contributed by atoms with Gasteiger partial charge in [-0.2, -0.15) is 0 Å². The molecule has 0 radical (unpaired) electrons. The van der Waals surface area contributed by atoms with E-state index < -0.39 is 6.61 Å². The third-order valence-electron chi connectivity index (χ3n) is 4.12. The summed E-state index contributed by atoms with van der Waals surface area (Å²) in [6.45, 7) is 1.56. The summed E-state index contributed by atoms with van der Waals surface area (Å²) in [7, 11) is 0. The van der Waals surface area contributed by atoms with Crippen LogP contribution in [0.1, 0.15) is 12.0 Å². The van der Waals surface area contributed by atoms with Gasteiger partial charge in [0.1, 0.15) is 6.61 Å². The molecular weight excluding hydrogens is 323 g/mol. The third-order valence-corrected chi connectivity index (χ3v) is 5.37. The summed E-state index contributed by atoms with van der Waals surface area (Å²) in [5.41, 5.74) is 1.32. The van der Waals surface area contributed by atoms with Crippen molar-refractivity contribution in [1.29, 1.82) is 0 Å². The summed E-state index contributed by atoms with van der Waals surface area (Å²) >= 11 is 18.5. The summed E-state index contributed by atoms with van der Waals surface area (Å²) < 4.78 is 0. The number of benzene rings is 1. The lowest BCUT2D eigenvalue weighted by atomic mass is 9.82. The lowest BCUT2D eigenvalue weighted by molar-refractivity contribution is -0.121. The van der Waals surface area contributed by atoms with Gasteiger partial charge in [0, 0.05) is 18.5 Å². The van der Waals surface area contributed by atoms with E-state index in [2.05, 4.69) is 5.32 Å². The van der Waals surface area contributed by atoms with Crippen LogP contribution in [0.3, 0.4) is 0 Å². The first-order chi connectivity index (χ1) is 9.50. The quantitative estimate of drug-likeness (QED) is 0.774. The molecule has 2 heterocycles. The summed E-state index contributed by atoms with van der Waals surface area (Å²) in [6.07, 6.45) is 0.892. The van der Waals surface area contributed by atoms with E-state index in [1.54, 1.807) is 6.07 Å². The van der Waals surface area contributed by atoms with Crippen LogP contribution in [-0.2, 0) is 10.2 Å². The highest BCUT2D eigenvalue weighted by atomic mass is 35.5.